The van der Waals surface area contributed by atoms with Crippen LogP contribution in [0.1, 0.15) is 45.5 Å². The summed E-state index contributed by atoms with van der Waals surface area (Å²) in [7, 11) is 0. The number of ether oxygens (including phenoxy) is 1. The van der Waals surface area contributed by atoms with E-state index in [-0.39, 0.29) is 12.0 Å². The highest BCUT2D eigenvalue weighted by atomic mass is 32.1. The van der Waals surface area contributed by atoms with Crippen molar-refractivity contribution in [1.29, 1.82) is 0 Å². The minimum atomic E-state index is -0.197. The summed E-state index contributed by atoms with van der Waals surface area (Å²) in [4.78, 5) is 26.5. The predicted molar refractivity (Wildman–Crippen MR) is 102 cm³/mol. The molecule has 3 aromatic heterocycles. The molecular weight excluding hydrogens is 364 g/mol. The van der Waals surface area contributed by atoms with Gasteiger partial charge in [-0.1, -0.05) is 0 Å². The minimum Gasteiger partial charge on any atom is -0.475 e. The van der Waals surface area contributed by atoms with Crippen molar-refractivity contribution in [2.75, 3.05) is 0 Å². The molecule has 3 heterocycles. The maximum Gasteiger partial charge on any atom is 0.255 e. The largest absolute Gasteiger partial charge is 0.475 e. The molecule has 27 heavy (non-hydrogen) atoms. The molecule has 0 aliphatic heterocycles. The molecule has 142 valence electrons. The van der Waals surface area contributed by atoms with Crippen molar-refractivity contribution in [2.24, 2.45) is 0 Å². The number of thiazole rings is 1. The first-order chi connectivity index (χ1) is 12.8. The molecule has 0 aromatic carbocycles. The lowest BCUT2D eigenvalue weighted by molar-refractivity contribution is 0.0950. The van der Waals surface area contributed by atoms with Gasteiger partial charge in [0.25, 0.3) is 5.91 Å². The fraction of sp³-hybridized carbons (Fsp3) is 0.389. The van der Waals surface area contributed by atoms with Gasteiger partial charge in [-0.15, -0.1) is 11.3 Å². The van der Waals surface area contributed by atoms with Gasteiger partial charge in [-0.25, -0.2) is 19.6 Å². The number of carbonyl (C=O) groups excluding carboxylic acids is 1. The van der Waals surface area contributed by atoms with Crippen LogP contribution in [0.2, 0.25) is 0 Å². The van der Waals surface area contributed by atoms with Crippen LogP contribution in [0, 0.1) is 20.8 Å². The predicted octanol–water partition coefficient (Wildman–Crippen LogP) is 2.76. The van der Waals surface area contributed by atoms with E-state index in [4.69, 9.17) is 4.74 Å². The lowest BCUT2D eigenvalue weighted by Crippen LogP contribution is -2.23. The van der Waals surface area contributed by atoms with Gasteiger partial charge in [0.2, 0.25) is 5.88 Å². The number of aromatic nitrogens is 5. The highest BCUT2D eigenvalue weighted by molar-refractivity contribution is 7.11. The maximum atomic E-state index is 12.5. The molecule has 0 spiro atoms. The summed E-state index contributed by atoms with van der Waals surface area (Å²) < 4.78 is 7.19. The Morgan fingerprint density at radius 3 is 2.74 bits per heavy atom. The van der Waals surface area contributed by atoms with Crippen LogP contribution >= 0.6 is 11.3 Å². The molecule has 0 unspecified atom stereocenters. The van der Waals surface area contributed by atoms with Crippen molar-refractivity contribution in [2.45, 2.75) is 47.3 Å². The molecule has 1 amide bonds. The Morgan fingerprint density at radius 2 is 2.07 bits per heavy atom. The zero-order valence-electron chi connectivity index (χ0n) is 16.0. The van der Waals surface area contributed by atoms with E-state index in [0.717, 1.165) is 15.6 Å². The van der Waals surface area contributed by atoms with Crippen LogP contribution in [0.15, 0.2) is 18.6 Å². The average molecular weight is 386 g/mol. The van der Waals surface area contributed by atoms with Crippen LogP contribution in [0.3, 0.4) is 0 Å². The fourth-order valence-corrected chi connectivity index (χ4v) is 3.35. The monoisotopic (exact) mass is 386 g/mol. The molecule has 0 aliphatic rings. The summed E-state index contributed by atoms with van der Waals surface area (Å²) >= 11 is 1.59. The van der Waals surface area contributed by atoms with Gasteiger partial charge in [-0.2, -0.15) is 5.10 Å². The van der Waals surface area contributed by atoms with Gasteiger partial charge < -0.3 is 10.1 Å². The zero-order valence-corrected chi connectivity index (χ0v) is 16.8. The summed E-state index contributed by atoms with van der Waals surface area (Å²) in [6.07, 6.45) is 2.96. The third kappa shape index (κ3) is 4.30. The first-order valence-corrected chi connectivity index (χ1v) is 9.41. The third-order valence-electron chi connectivity index (χ3n) is 3.93. The SMILES string of the molecule is Cc1nc(CNC(=O)c2cnn(-c3cc(OC(C)C)ncn3)c2C)sc1C. The molecule has 8 nitrogen and oxygen atoms in total. The van der Waals surface area contributed by atoms with Crippen molar-refractivity contribution in [1.82, 2.24) is 30.0 Å². The van der Waals surface area contributed by atoms with Crippen LogP contribution in [-0.2, 0) is 6.54 Å². The summed E-state index contributed by atoms with van der Waals surface area (Å²) in [6, 6.07) is 1.70. The Bertz CT molecular complexity index is 943. The van der Waals surface area contributed by atoms with Crippen LogP contribution in [0.5, 0.6) is 5.88 Å². The van der Waals surface area contributed by atoms with E-state index < -0.39 is 0 Å². The number of amides is 1. The van der Waals surface area contributed by atoms with Gasteiger partial charge in [-0.05, 0) is 34.6 Å². The van der Waals surface area contributed by atoms with Gasteiger partial charge in [0.1, 0.15) is 11.3 Å². The van der Waals surface area contributed by atoms with Crippen LogP contribution in [0.4, 0.5) is 0 Å². The highest BCUT2D eigenvalue weighted by Crippen LogP contribution is 2.18. The molecule has 0 fully saturated rings. The van der Waals surface area contributed by atoms with Gasteiger partial charge in [-0.3, -0.25) is 4.79 Å². The third-order valence-corrected chi connectivity index (χ3v) is 5.00. The molecule has 9 heteroatoms. The number of nitrogens with one attached hydrogen (secondary N) is 1. The molecule has 3 aromatic rings. The van der Waals surface area contributed by atoms with E-state index in [2.05, 4.69) is 25.4 Å². The first kappa shape index (κ1) is 19.0. The second kappa shape index (κ2) is 7.83. The maximum absolute atomic E-state index is 12.5. The van der Waals surface area contributed by atoms with Crippen molar-refractivity contribution in [3.63, 3.8) is 0 Å². The number of carbonyl (C=O) groups is 1. The highest BCUT2D eigenvalue weighted by Gasteiger charge is 2.17. The number of hydrogen-bond donors (Lipinski definition) is 1. The van der Waals surface area contributed by atoms with E-state index in [1.165, 1.54) is 12.5 Å². The van der Waals surface area contributed by atoms with Gasteiger partial charge in [0.05, 0.1) is 35.8 Å². The Labute approximate surface area is 161 Å². The van der Waals surface area contributed by atoms with Crippen molar-refractivity contribution >= 4 is 17.2 Å². The molecule has 3 rings (SSSR count). The molecule has 0 bridgehead atoms. The number of aryl methyl sites for hydroxylation is 2. The average Bonchev–Trinajstić information content (AvgIpc) is 3.15. The lowest BCUT2D eigenvalue weighted by Gasteiger charge is -2.10. The van der Waals surface area contributed by atoms with E-state index in [9.17, 15) is 4.79 Å². The Morgan fingerprint density at radius 1 is 1.30 bits per heavy atom. The second-order valence-electron chi connectivity index (χ2n) is 6.37. The number of hydrogen-bond acceptors (Lipinski definition) is 7. The lowest BCUT2D eigenvalue weighted by atomic mass is 10.2. The van der Waals surface area contributed by atoms with E-state index >= 15 is 0 Å². The molecule has 0 saturated heterocycles. The molecule has 0 radical (unpaired) electrons. The van der Waals surface area contributed by atoms with E-state index in [1.54, 1.807) is 22.1 Å². The van der Waals surface area contributed by atoms with Crippen LogP contribution in [0.25, 0.3) is 5.82 Å². The van der Waals surface area contributed by atoms with Gasteiger partial charge in [0.15, 0.2) is 5.82 Å². The van der Waals surface area contributed by atoms with Gasteiger partial charge >= 0.3 is 0 Å². The first-order valence-electron chi connectivity index (χ1n) is 8.60. The van der Waals surface area contributed by atoms with Crippen LogP contribution < -0.4 is 10.1 Å². The van der Waals surface area contributed by atoms with E-state index in [1.807, 2.05) is 34.6 Å². The number of rotatable bonds is 6. The van der Waals surface area contributed by atoms with Gasteiger partial charge in [0, 0.05) is 10.9 Å². The topological polar surface area (TPSA) is 94.8 Å². The second-order valence-corrected chi connectivity index (χ2v) is 7.66. The Kier molecular flexibility index (Phi) is 5.50. The normalized spacial score (nSPS) is 11.0. The summed E-state index contributed by atoms with van der Waals surface area (Å²) in [5.74, 6) is 0.811. The summed E-state index contributed by atoms with van der Waals surface area (Å²) in [5.41, 5.74) is 2.18. The molecule has 0 saturated carbocycles. The number of nitrogens with zero attached hydrogens (tertiary/aromatic N) is 5. The molecule has 0 atom stereocenters. The fourth-order valence-electron chi connectivity index (χ4n) is 2.48. The standard InChI is InChI=1S/C18H22N6O2S/c1-10(2)26-16-6-15(20-9-21-16)24-12(4)14(7-22-24)18(25)19-8-17-23-11(3)13(5)27-17/h6-7,9-10H,8H2,1-5H3,(H,19,25). The quantitative estimate of drug-likeness (QED) is 0.700. The Balaban J connectivity index is 1.75. The smallest absolute Gasteiger partial charge is 0.255 e. The van der Waals surface area contributed by atoms with Crippen molar-refractivity contribution < 1.29 is 9.53 Å². The van der Waals surface area contributed by atoms with Crippen LogP contribution in [-0.4, -0.2) is 36.7 Å². The molecule has 0 aliphatic carbocycles. The summed E-state index contributed by atoms with van der Waals surface area (Å²) in [6.45, 7) is 10.0. The molecular formula is C18H22N6O2S. The van der Waals surface area contributed by atoms with E-state index in [0.29, 0.717) is 29.5 Å². The Hall–Kier alpha value is -2.81. The molecule has 1 N–H and O–H groups in total. The summed E-state index contributed by atoms with van der Waals surface area (Å²) in [5, 5.41) is 8.08. The zero-order chi connectivity index (χ0) is 19.6. The van der Waals surface area contributed by atoms with Crippen molar-refractivity contribution in [3.8, 4) is 11.7 Å². The van der Waals surface area contributed by atoms with Crippen molar-refractivity contribution in [3.05, 3.63) is 45.4 Å². The minimum absolute atomic E-state index is 0.00550.